The highest BCUT2D eigenvalue weighted by molar-refractivity contribution is 6.32. The molecule has 4 aromatic rings. The molecule has 0 spiro atoms. The van der Waals surface area contributed by atoms with Gasteiger partial charge >= 0.3 is 5.69 Å². The quantitative estimate of drug-likeness (QED) is 0.477. The van der Waals surface area contributed by atoms with Gasteiger partial charge in [0.15, 0.2) is 0 Å². The molecule has 1 N–H and O–H groups in total. The summed E-state index contributed by atoms with van der Waals surface area (Å²) in [4.78, 5) is 32.6. The molecule has 0 radical (unpaired) electrons. The van der Waals surface area contributed by atoms with Crippen molar-refractivity contribution in [1.29, 1.82) is 0 Å². The van der Waals surface area contributed by atoms with Gasteiger partial charge in [-0.2, -0.15) is 0 Å². The molecule has 0 aliphatic heterocycles. The topological polar surface area (TPSA) is 67.8 Å². The Hall–Kier alpha value is -3.69. The van der Waals surface area contributed by atoms with Crippen LogP contribution in [0.25, 0.3) is 16.6 Å². The second-order valence-corrected chi connectivity index (χ2v) is 7.68. The second-order valence-electron chi connectivity index (χ2n) is 7.28. The fourth-order valence-corrected chi connectivity index (χ4v) is 3.70. The molecule has 0 saturated carbocycles. The maximum absolute atomic E-state index is 15.1. The minimum Gasteiger partial charge on any atom is -0.306 e. The Balaban J connectivity index is 1.91. The van der Waals surface area contributed by atoms with Crippen LogP contribution in [0.15, 0.2) is 64.4 Å². The maximum atomic E-state index is 15.1. The third-order valence-corrected chi connectivity index (χ3v) is 5.12. The Morgan fingerprint density at radius 1 is 1.10 bits per heavy atom. The number of aromatic nitrogens is 3. The molecule has 0 fully saturated rings. The zero-order valence-corrected chi connectivity index (χ0v) is 17.5. The van der Waals surface area contributed by atoms with Gasteiger partial charge in [-0.1, -0.05) is 49.4 Å². The lowest BCUT2D eigenvalue weighted by atomic mass is 9.99. The molecule has 0 aliphatic carbocycles. The first kappa shape index (κ1) is 20.6. The number of nitrogens with zero attached hydrogens (tertiary/aromatic N) is 2. The summed E-state index contributed by atoms with van der Waals surface area (Å²) in [5, 5.41) is 0.234. The first-order valence-corrected chi connectivity index (χ1v) is 9.94. The molecule has 154 valence electrons. The number of hydrogen-bond acceptors (Lipinski definition) is 3. The molecule has 0 saturated heterocycles. The van der Waals surface area contributed by atoms with E-state index in [1.807, 2.05) is 19.9 Å². The van der Waals surface area contributed by atoms with Crippen LogP contribution < -0.4 is 11.2 Å². The Kier molecular flexibility index (Phi) is 5.45. The van der Waals surface area contributed by atoms with E-state index in [2.05, 4.69) is 21.8 Å². The summed E-state index contributed by atoms with van der Waals surface area (Å²) < 4.78 is 15.8. The van der Waals surface area contributed by atoms with Crippen molar-refractivity contribution in [2.24, 2.45) is 0 Å². The number of fused-ring (bicyclic) bond motifs is 1. The van der Waals surface area contributed by atoms with E-state index in [1.54, 1.807) is 36.7 Å². The fraction of sp³-hybridized carbons (Fsp3) is 0.125. The number of halogens is 2. The van der Waals surface area contributed by atoms with Crippen LogP contribution in [0, 0.1) is 17.7 Å². The minimum atomic E-state index is -0.822. The van der Waals surface area contributed by atoms with Gasteiger partial charge in [0.25, 0.3) is 5.56 Å². The van der Waals surface area contributed by atoms with E-state index < -0.39 is 17.1 Å². The third-order valence-electron chi connectivity index (χ3n) is 4.83. The number of aromatic amines is 1. The van der Waals surface area contributed by atoms with Crippen molar-refractivity contribution >= 4 is 22.5 Å². The van der Waals surface area contributed by atoms with Gasteiger partial charge < -0.3 is 4.98 Å². The number of benzene rings is 2. The fourth-order valence-electron chi connectivity index (χ4n) is 3.40. The largest absolute Gasteiger partial charge is 0.333 e. The summed E-state index contributed by atoms with van der Waals surface area (Å²) in [5.41, 5.74) is 0.414. The van der Waals surface area contributed by atoms with Gasteiger partial charge in [0.2, 0.25) is 0 Å². The van der Waals surface area contributed by atoms with Crippen molar-refractivity contribution in [3.8, 4) is 17.5 Å². The van der Waals surface area contributed by atoms with E-state index in [0.717, 1.165) is 16.2 Å². The molecule has 2 aromatic carbocycles. The third kappa shape index (κ3) is 3.88. The van der Waals surface area contributed by atoms with Crippen LogP contribution in [0.1, 0.15) is 36.5 Å². The molecule has 31 heavy (non-hydrogen) atoms. The van der Waals surface area contributed by atoms with Gasteiger partial charge in [-0.25, -0.2) is 13.8 Å². The van der Waals surface area contributed by atoms with E-state index >= 15 is 4.39 Å². The second kappa shape index (κ2) is 8.21. The van der Waals surface area contributed by atoms with Crippen molar-refractivity contribution in [3.05, 3.63) is 103 Å². The molecule has 0 unspecified atom stereocenters. The Labute approximate surface area is 182 Å². The standard InChI is InChI=1S/C24H17ClFN3O2/c1-14(2)17-6-3-7-20-21(17)23(30)29(24(31)28-20)22-18(25)11-16(12-19(22)26)9-8-15-5-4-10-27-13-15/h3-7,10-14H,1-2H3,(H,28,31). The molecule has 2 heterocycles. The van der Waals surface area contributed by atoms with Crippen LogP contribution in [0.2, 0.25) is 5.02 Å². The van der Waals surface area contributed by atoms with Gasteiger partial charge in [0.05, 0.1) is 15.9 Å². The highest BCUT2D eigenvalue weighted by atomic mass is 35.5. The van der Waals surface area contributed by atoms with E-state index in [4.69, 9.17) is 11.6 Å². The summed E-state index contributed by atoms with van der Waals surface area (Å²) >= 11 is 6.32. The number of hydrogen-bond donors (Lipinski definition) is 1. The maximum Gasteiger partial charge on any atom is 0.333 e. The number of pyridine rings is 1. The highest BCUT2D eigenvalue weighted by Crippen LogP contribution is 2.25. The Bertz CT molecular complexity index is 1460. The van der Waals surface area contributed by atoms with Crippen LogP contribution in [0.4, 0.5) is 4.39 Å². The molecule has 5 nitrogen and oxygen atoms in total. The lowest BCUT2D eigenvalue weighted by molar-refractivity contribution is 0.613. The molecule has 4 rings (SSSR count). The van der Waals surface area contributed by atoms with Gasteiger partial charge in [0.1, 0.15) is 11.5 Å². The van der Waals surface area contributed by atoms with E-state index in [-0.39, 0.29) is 16.6 Å². The van der Waals surface area contributed by atoms with Crippen LogP contribution in [-0.4, -0.2) is 14.5 Å². The summed E-state index contributed by atoms with van der Waals surface area (Å²) in [5.74, 6) is 4.89. The van der Waals surface area contributed by atoms with Gasteiger partial charge in [-0.05, 0) is 41.8 Å². The summed E-state index contributed by atoms with van der Waals surface area (Å²) in [6.45, 7) is 3.87. The van der Waals surface area contributed by atoms with Gasteiger partial charge in [-0.15, -0.1) is 0 Å². The number of H-pyrrole nitrogens is 1. The van der Waals surface area contributed by atoms with Gasteiger partial charge in [-0.3, -0.25) is 9.78 Å². The molecule has 0 aliphatic rings. The highest BCUT2D eigenvalue weighted by Gasteiger charge is 2.19. The molecular weight excluding hydrogens is 417 g/mol. The van der Waals surface area contributed by atoms with Crippen LogP contribution in [0.3, 0.4) is 0 Å². The zero-order chi connectivity index (χ0) is 22.1. The first-order valence-electron chi connectivity index (χ1n) is 9.56. The summed E-state index contributed by atoms with van der Waals surface area (Å²) in [7, 11) is 0. The molecule has 7 heteroatoms. The monoisotopic (exact) mass is 433 g/mol. The molecule has 0 amide bonds. The molecule has 2 aromatic heterocycles. The lowest BCUT2D eigenvalue weighted by Gasteiger charge is -2.13. The smallest absolute Gasteiger partial charge is 0.306 e. The minimum absolute atomic E-state index is 0.0289. The zero-order valence-electron chi connectivity index (χ0n) is 16.7. The predicted molar refractivity (Wildman–Crippen MR) is 119 cm³/mol. The van der Waals surface area contributed by atoms with Crippen molar-refractivity contribution in [2.45, 2.75) is 19.8 Å². The average Bonchev–Trinajstić information content (AvgIpc) is 2.74. The molecular formula is C24H17ClFN3O2. The Morgan fingerprint density at radius 2 is 1.87 bits per heavy atom. The van der Waals surface area contributed by atoms with E-state index in [0.29, 0.717) is 22.0 Å². The van der Waals surface area contributed by atoms with E-state index in [9.17, 15) is 9.59 Å². The molecule has 0 bridgehead atoms. The molecule has 0 atom stereocenters. The lowest BCUT2D eigenvalue weighted by Crippen LogP contribution is -2.35. The average molecular weight is 434 g/mol. The van der Waals surface area contributed by atoms with Crippen LogP contribution in [0.5, 0.6) is 0 Å². The first-order chi connectivity index (χ1) is 14.9. The van der Waals surface area contributed by atoms with Crippen molar-refractivity contribution in [2.75, 3.05) is 0 Å². The number of rotatable bonds is 2. The van der Waals surface area contributed by atoms with Crippen molar-refractivity contribution < 1.29 is 4.39 Å². The van der Waals surface area contributed by atoms with Crippen molar-refractivity contribution in [1.82, 2.24) is 14.5 Å². The summed E-state index contributed by atoms with van der Waals surface area (Å²) in [6, 6.07) is 11.3. The van der Waals surface area contributed by atoms with Crippen molar-refractivity contribution in [3.63, 3.8) is 0 Å². The SMILES string of the molecule is CC(C)c1cccc2[nH]c(=O)n(-c3c(F)cc(C#Cc4cccnc4)cc3Cl)c(=O)c12. The van der Waals surface area contributed by atoms with E-state index in [1.165, 1.54) is 6.07 Å². The normalized spacial score (nSPS) is 10.9. The Morgan fingerprint density at radius 3 is 2.55 bits per heavy atom. The predicted octanol–water partition coefficient (Wildman–Crippen LogP) is 4.39. The van der Waals surface area contributed by atoms with Crippen LogP contribution >= 0.6 is 11.6 Å². The number of nitrogens with one attached hydrogen (secondary N) is 1. The summed E-state index contributed by atoms with van der Waals surface area (Å²) in [6.07, 6.45) is 3.21. The van der Waals surface area contributed by atoms with Gasteiger partial charge in [0, 0.05) is 23.5 Å². The van der Waals surface area contributed by atoms with Crippen LogP contribution in [-0.2, 0) is 0 Å².